The fourth-order valence-corrected chi connectivity index (χ4v) is 11.3. The molecule has 16 heteroatoms. The van der Waals surface area contributed by atoms with Crippen molar-refractivity contribution < 1.29 is 31.1 Å². The van der Waals surface area contributed by atoms with Crippen molar-refractivity contribution in [2.24, 2.45) is 23.7 Å². The molecule has 8 unspecified atom stereocenters. The van der Waals surface area contributed by atoms with Crippen molar-refractivity contribution in [3.63, 3.8) is 0 Å². The van der Waals surface area contributed by atoms with E-state index < -0.39 is 33.9 Å². The number of carbonyl (C=O) groups is 1. The number of likely N-dealkylation sites (tertiary alicyclic amines) is 1. The largest absolute Gasteiger partial charge is 0.394 e. The van der Waals surface area contributed by atoms with Crippen LogP contribution in [0.4, 0.5) is 13.2 Å². The Kier molecular flexibility index (Phi) is 10.4. The summed E-state index contributed by atoms with van der Waals surface area (Å²) in [5.41, 5.74) is 1.22. The molecule has 47 heavy (non-hydrogen) atoms. The quantitative estimate of drug-likeness (QED) is 0.390. The van der Waals surface area contributed by atoms with Crippen molar-refractivity contribution >= 4 is 39.3 Å². The second-order valence-corrected chi connectivity index (χ2v) is 17.8. The molecule has 6 rings (SSSR count). The number of alkyl halides is 4. The minimum absolute atomic E-state index is 0.0129. The van der Waals surface area contributed by atoms with E-state index >= 15 is 0 Å². The first kappa shape index (κ1) is 35.4. The number of nitrogens with one attached hydrogen (secondary N) is 2. The lowest BCUT2D eigenvalue weighted by Crippen LogP contribution is -2.58. The molecular formula is C31H45ClF3N5O5S2. The molecule has 3 saturated heterocycles. The Morgan fingerprint density at radius 3 is 2.64 bits per heavy atom. The van der Waals surface area contributed by atoms with Gasteiger partial charge in [0.2, 0.25) is 15.9 Å². The van der Waals surface area contributed by atoms with Gasteiger partial charge >= 0.3 is 6.18 Å². The molecule has 1 aromatic rings. The lowest BCUT2D eigenvalue weighted by Gasteiger charge is -2.47. The number of hydrogen-bond acceptors (Lipinski definition) is 9. The molecule has 0 bridgehead atoms. The number of hydrogen-bond donors (Lipinski definition) is 2. The number of nitrogens with zero attached hydrogens (tertiary/aromatic N) is 3. The van der Waals surface area contributed by atoms with Gasteiger partial charge in [-0.05, 0) is 70.6 Å². The lowest BCUT2D eigenvalue weighted by atomic mass is 9.70. The Bertz CT molecular complexity index is 1510. The van der Waals surface area contributed by atoms with E-state index in [0.717, 1.165) is 37.6 Å². The van der Waals surface area contributed by atoms with Crippen molar-refractivity contribution in [1.29, 1.82) is 0 Å². The predicted octanol–water partition coefficient (Wildman–Crippen LogP) is 2.87. The number of halogens is 4. The van der Waals surface area contributed by atoms with Gasteiger partial charge in [0, 0.05) is 53.2 Å². The third kappa shape index (κ3) is 7.69. The molecule has 9 atom stereocenters. The number of ether oxygens (including phenoxy) is 1. The average molecular weight is 724 g/mol. The number of sulfonamides is 1. The first-order chi connectivity index (χ1) is 22.1. The Morgan fingerprint density at radius 2 is 1.94 bits per heavy atom. The minimum Gasteiger partial charge on any atom is -0.376 e. The van der Waals surface area contributed by atoms with Crippen molar-refractivity contribution in [2.45, 2.75) is 106 Å². The summed E-state index contributed by atoms with van der Waals surface area (Å²) in [6, 6.07) is -0.114. The van der Waals surface area contributed by atoms with Gasteiger partial charge in [-0.25, -0.2) is 13.4 Å². The first-order valence-electron chi connectivity index (χ1n) is 16.6. The molecule has 1 amide bonds. The normalized spacial score (nSPS) is 35.2. The van der Waals surface area contributed by atoms with Crippen molar-refractivity contribution in [1.82, 2.24) is 24.5 Å². The number of aryl methyl sites for hydroxylation is 2. The first-order valence-corrected chi connectivity index (χ1v) is 20.0. The molecule has 4 heterocycles. The van der Waals surface area contributed by atoms with Crippen LogP contribution in [0.25, 0.3) is 0 Å². The summed E-state index contributed by atoms with van der Waals surface area (Å²) < 4.78 is 73.1. The maximum Gasteiger partial charge on any atom is 0.394 e. The second-order valence-electron chi connectivity index (χ2n) is 14.2. The number of carbonyl (C=O) groups excluding carboxylic acids is 1. The Hall–Kier alpha value is -1.39. The van der Waals surface area contributed by atoms with Gasteiger partial charge in [0.15, 0.2) is 0 Å². The molecule has 0 radical (unpaired) electrons. The molecule has 2 aliphatic carbocycles. The van der Waals surface area contributed by atoms with Crippen LogP contribution in [0.3, 0.4) is 0 Å². The number of piperidine rings is 1. The number of rotatable bonds is 8. The van der Waals surface area contributed by atoms with Gasteiger partial charge in [-0.1, -0.05) is 0 Å². The van der Waals surface area contributed by atoms with Crippen LogP contribution in [0.1, 0.15) is 56.1 Å². The zero-order valence-corrected chi connectivity index (χ0v) is 29.4. The highest BCUT2D eigenvalue weighted by atomic mass is 35.5. The SMILES string of the molecule is Cc1nc2c(c(=O)n1CCOC1CCC(Cl)CC1C1CC(C)NC3C(C(=O)NS(C)(=O)=O)CSC13)C[C@H](N1CC(C(F)(F)F)C1)CC2. The maximum absolute atomic E-state index is 13.7. The van der Waals surface area contributed by atoms with Crippen LogP contribution in [0, 0.1) is 30.6 Å². The number of thioether (sulfide) groups is 1. The van der Waals surface area contributed by atoms with E-state index in [1.807, 2.05) is 11.8 Å². The van der Waals surface area contributed by atoms with Crippen LogP contribution in [-0.2, 0) is 38.9 Å². The molecule has 1 aromatic heterocycles. The van der Waals surface area contributed by atoms with Crippen LogP contribution in [0.2, 0.25) is 0 Å². The molecule has 0 aromatic carbocycles. The van der Waals surface area contributed by atoms with E-state index in [9.17, 15) is 31.2 Å². The van der Waals surface area contributed by atoms with Gasteiger partial charge in [0.1, 0.15) is 5.82 Å². The van der Waals surface area contributed by atoms with Crippen molar-refractivity contribution in [2.75, 3.05) is 31.7 Å². The number of fused-ring (bicyclic) bond motifs is 2. The van der Waals surface area contributed by atoms with Crippen molar-refractivity contribution in [3.05, 3.63) is 27.4 Å². The number of aromatic nitrogens is 2. The van der Waals surface area contributed by atoms with E-state index in [-0.39, 0.29) is 65.3 Å². The highest BCUT2D eigenvalue weighted by Gasteiger charge is 2.52. The minimum atomic E-state index is -4.18. The molecule has 0 spiro atoms. The monoisotopic (exact) mass is 723 g/mol. The van der Waals surface area contributed by atoms with E-state index in [1.54, 1.807) is 16.3 Å². The van der Waals surface area contributed by atoms with Gasteiger partial charge in [-0.3, -0.25) is 23.8 Å². The fraction of sp³-hybridized carbons (Fsp3) is 0.839. The zero-order valence-electron chi connectivity index (χ0n) is 27.0. The third-order valence-electron chi connectivity index (χ3n) is 11.0. The van der Waals surface area contributed by atoms with Crippen LogP contribution in [0.5, 0.6) is 0 Å². The third-order valence-corrected chi connectivity index (χ3v) is 13.5. The Balaban J connectivity index is 1.11. The summed E-state index contributed by atoms with van der Waals surface area (Å²) in [4.78, 5) is 33.1. The van der Waals surface area contributed by atoms with Crippen LogP contribution >= 0.6 is 23.4 Å². The predicted molar refractivity (Wildman–Crippen MR) is 174 cm³/mol. The van der Waals surface area contributed by atoms with E-state index in [0.29, 0.717) is 49.6 Å². The molecular weight excluding hydrogens is 679 g/mol. The highest BCUT2D eigenvalue weighted by Crippen LogP contribution is 2.48. The highest BCUT2D eigenvalue weighted by molar-refractivity contribution is 8.00. The average Bonchev–Trinajstić information content (AvgIpc) is 3.37. The molecule has 3 aliphatic heterocycles. The molecule has 1 saturated carbocycles. The van der Waals surface area contributed by atoms with E-state index in [4.69, 9.17) is 21.3 Å². The Labute approximate surface area is 283 Å². The van der Waals surface area contributed by atoms with Crippen LogP contribution in [-0.4, -0.2) is 102 Å². The summed E-state index contributed by atoms with van der Waals surface area (Å²) in [7, 11) is -3.66. The van der Waals surface area contributed by atoms with Crippen LogP contribution in [0.15, 0.2) is 4.79 Å². The number of amides is 1. The summed E-state index contributed by atoms with van der Waals surface area (Å²) >= 11 is 8.44. The second kappa shape index (κ2) is 13.7. The lowest BCUT2D eigenvalue weighted by molar-refractivity contribution is -0.214. The zero-order chi connectivity index (χ0) is 33.8. The van der Waals surface area contributed by atoms with E-state index in [2.05, 4.69) is 17.0 Å². The smallest absolute Gasteiger partial charge is 0.376 e. The maximum atomic E-state index is 13.7. The standard InChI is InChI=1S/C31H45ClF3N5O5S2/c1-16-10-22(28-27(36-16)24(15-46-28)29(41)38-47(3,43)44)21-11-19(32)4-7-26(21)45-9-8-40-17(2)37-25-6-5-20(12-23(25)30(40)42)39-13-18(14-39)31(33,34)35/h16,18-22,24,26-28,36H,4-15H2,1-3H3,(H,38,41)/t16?,19?,20-,21?,22?,24?,26?,27?,28?/m1/s1. The molecule has 4 fully saturated rings. The van der Waals surface area contributed by atoms with E-state index in [1.165, 1.54) is 0 Å². The molecule has 264 valence electrons. The topological polar surface area (TPSA) is 123 Å². The fourth-order valence-electron chi connectivity index (χ4n) is 8.59. The molecule has 2 N–H and O–H groups in total. The van der Waals surface area contributed by atoms with Gasteiger partial charge in [0.05, 0.1) is 43.0 Å². The molecule has 5 aliphatic rings. The van der Waals surface area contributed by atoms with Gasteiger partial charge in [0.25, 0.3) is 5.56 Å². The van der Waals surface area contributed by atoms with Gasteiger partial charge in [-0.15, -0.1) is 11.6 Å². The summed E-state index contributed by atoms with van der Waals surface area (Å²) in [5.74, 6) is -0.727. The van der Waals surface area contributed by atoms with Crippen LogP contribution < -0.4 is 15.6 Å². The van der Waals surface area contributed by atoms with Gasteiger partial charge < -0.3 is 10.1 Å². The molecule has 10 nitrogen and oxygen atoms in total. The Morgan fingerprint density at radius 1 is 1.19 bits per heavy atom. The summed E-state index contributed by atoms with van der Waals surface area (Å²) in [5, 5.41) is 3.69. The van der Waals surface area contributed by atoms with Gasteiger partial charge in [-0.2, -0.15) is 24.9 Å². The van der Waals surface area contributed by atoms with Crippen molar-refractivity contribution in [3.8, 4) is 0 Å². The summed E-state index contributed by atoms with van der Waals surface area (Å²) in [6.45, 7) is 4.50. The summed E-state index contributed by atoms with van der Waals surface area (Å²) in [6.07, 6.45) is 1.67.